The molecule has 0 atom stereocenters. The average Bonchev–Trinajstić information content (AvgIpc) is 2.86. The first kappa shape index (κ1) is 14.0. The molecule has 0 fully saturated rings. The highest BCUT2D eigenvalue weighted by atomic mass is 32.1. The second-order valence-corrected chi connectivity index (χ2v) is 6.34. The molecule has 0 unspecified atom stereocenters. The van der Waals surface area contributed by atoms with Gasteiger partial charge >= 0.3 is 0 Å². The molecule has 102 valence electrons. The zero-order valence-electron chi connectivity index (χ0n) is 11.5. The maximum atomic E-state index is 8.97. The molecule has 3 nitrogen and oxygen atoms in total. The summed E-state index contributed by atoms with van der Waals surface area (Å²) < 4.78 is 5.68. The van der Waals surface area contributed by atoms with Gasteiger partial charge in [0.05, 0.1) is 17.3 Å². The van der Waals surface area contributed by atoms with Gasteiger partial charge in [0.25, 0.3) is 0 Å². The highest BCUT2D eigenvalue weighted by molar-refractivity contribution is 7.09. The van der Waals surface area contributed by atoms with Crippen molar-refractivity contribution in [1.82, 2.24) is 4.98 Å². The number of ether oxygens (including phenoxy) is 1. The van der Waals surface area contributed by atoms with E-state index in [0.717, 1.165) is 22.0 Å². The van der Waals surface area contributed by atoms with Gasteiger partial charge in [-0.1, -0.05) is 32.9 Å². The van der Waals surface area contributed by atoms with Gasteiger partial charge in [0.2, 0.25) is 0 Å². The summed E-state index contributed by atoms with van der Waals surface area (Å²) in [5.74, 6) is 0.794. The molecule has 0 bridgehead atoms. The molecule has 19 heavy (non-hydrogen) atoms. The van der Waals surface area contributed by atoms with Crippen LogP contribution in [0.2, 0.25) is 0 Å². The molecule has 4 heteroatoms. The monoisotopic (exact) mass is 277 g/mol. The second-order valence-electron chi connectivity index (χ2n) is 5.48. The fourth-order valence-electron chi connectivity index (χ4n) is 1.57. The van der Waals surface area contributed by atoms with Crippen molar-refractivity contribution in [3.63, 3.8) is 0 Å². The Kier molecular flexibility index (Phi) is 4.22. The normalized spacial score (nSPS) is 11.6. The third kappa shape index (κ3) is 3.78. The van der Waals surface area contributed by atoms with E-state index >= 15 is 0 Å². The van der Waals surface area contributed by atoms with Crippen molar-refractivity contribution in [3.8, 4) is 5.75 Å². The molecule has 0 spiro atoms. The highest BCUT2D eigenvalue weighted by Crippen LogP contribution is 2.26. The van der Waals surface area contributed by atoms with Crippen LogP contribution < -0.4 is 4.74 Å². The molecule has 0 saturated carbocycles. The highest BCUT2D eigenvalue weighted by Gasteiger charge is 2.17. The SMILES string of the molecule is CC(C)(C)c1nc(COc2ccc(CO)cc2)cs1. The summed E-state index contributed by atoms with van der Waals surface area (Å²) in [6.07, 6.45) is 0. The van der Waals surface area contributed by atoms with E-state index in [1.807, 2.05) is 29.6 Å². The summed E-state index contributed by atoms with van der Waals surface area (Å²) in [5, 5.41) is 12.1. The lowest BCUT2D eigenvalue weighted by molar-refractivity contribution is 0.280. The van der Waals surface area contributed by atoms with Crippen LogP contribution in [0.15, 0.2) is 29.6 Å². The van der Waals surface area contributed by atoms with E-state index in [2.05, 4.69) is 25.8 Å². The molecule has 1 aromatic heterocycles. The van der Waals surface area contributed by atoms with Crippen LogP contribution in [0.3, 0.4) is 0 Å². The Hall–Kier alpha value is -1.39. The number of aromatic nitrogens is 1. The van der Waals surface area contributed by atoms with E-state index in [4.69, 9.17) is 9.84 Å². The fraction of sp³-hybridized carbons (Fsp3) is 0.400. The summed E-state index contributed by atoms with van der Waals surface area (Å²) in [5.41, 5.74) is 1.93. The second kappa shape index (κ2) is 5.72. The standard InChI is InChI=1S/C15H19NO2S/c1-15(2,3)14-16-12(10-19-14)9-18-13-6-4-11(8-17)5-7-13/h4-7,10,17H,8-9H2,1-3H3. The van der Waals surface area contributed by atoms with Crippen LogP contribution in [0, 0.1) is 0 Å². The van der Waals surface area contributed by atoms with Crippen LogP contribution >= 0.6 is 11.3 Å². The van der Waals surface area contributed by atoms with Gasteiger partial charge in [-0.25, -0.2) is 4.98 Å². The molecule has 1 N–H and O–H groups in total. The fourth-order valence-corrected chi connectivity index (χ4v) is 2.46. The Bertz CT molecular complexity index is 526. The quantitative estimate of drug-likeness (QED) is 0.930. The van der Waals surface area contributed by atoms with Gasteiger partial charge in [-0.15, -0.1) is 11.3 Å². The predicted octanol–water partition coefficient (Wildman–Crippen LogP) is 3.51. The minimum atomic E-state index is 0.0569. The van der Waals surface area contributed by atoms with Gasteiger partial charge in [-0.3, -0.25) is 0 Å². The lowest BCUT2D eigenvalue weighted by Gasteiger charge is -2.13. The Morgan fingerprint density at radius 3 is 2.42 bits per heavy atom. The van der Waals surface area contributed by atoms with Crippen molar-refractivity contribution in [2.45, 2.75) is 39.4 Å². The zero-order valence-corrected chi connectivity index (χ0v) is 12.3. The van der Waals surface area contributed by atoms with Crippen molar-refractivity contribution >= 4 is 11.3 Å². The largest absolute Gasteiger partial charge is 0.487 e. The summed E-state index contributed by atoms with van der Waals surface area (Å²) in [6, 6.07) is 7.44. The van der Waals surface area contributed by atoms with Gasteiger partial charge in [0.1, 0.15) is 12.4 Å². The molecular formula is C15H19NO2S. The number of hydrogen-bond donors (Lipinski definition) is 1. The van der Waals surface area contributed by atoms with Crippen LogP contribution in [0.1, 0.15) is 37.0 Å². The molecule has 0 aliphatic carbocycles. The summed E-state index contributed by atoms with van der Waals surface area (Å²) >= 11 is 1.67. The number of aliphatic hydroxyl groups excluding tert-OH is 1. The number of rotatable bonds is 4. The van der Waals surface area contributed by atoms with Crippen LogP contribution in [-0.2, 0) is 18.6 Å². The minimum absolute atomic E-state index is 0.0569. The van der Waals surface area contributed by atoms with E-state index in [0.29, 0.717) is 6.61 Å². The molecule has 0 amide bonds. The molecule has 2 rings (SSSR count). The molecule has 0 aliphatic heterocycles. The van der Waals surface area contributed by atoms with Gasteiger partial charge in [0.15, 0.2) is 0 Å². The predicted molar refractivity (Wildman–Crippen MR) is 77.5 cm³/mol. The third-order valence-electron chi connectivity index (χ3n) is 2.69. The first-order valence-electron chi connectivity index (χ1n) is 6.26. The Morgan fingerprint density at radius 2 is 1.89 bits per heavy atom. The average molecular weight is 277 g/mol. The van der Waals surface area contributed by atoms with Crippen LogP contribution in [0.4, 0.5) is 0 Å². The lowest BCUT2D eigenvalue weighted by Crippen LogP contribution is -2.10. The van der Waals surface area contributed by atoms with Crippen molar-refractivity contribution in [2.75, 3.05) is 0 Å². The van der Waals surface area contributed by atoms with E-state index in [-0.39, 0.29) is 12.0 Å². The molecule has 1 aromatic carbocycles. The van der Waals surface area contributed by atoms with E-state index in [1.165, 1.54) is 0 Å². The number of aliphatic hydroxyl groups is 1. The minimum Gasteiger partial charge on any atom is -0.487 e. The molecule has 2 aromatic rings. The van der Waals surface area contributed by atoms with Crippen LogP contribution in [-0.4, -0.2) is 10.1 Å². The van der Waals surface area contributed by atoms with Crippen LogP contribution in [0.25, 0.3) is 0 Å². The number of nitrogens with zero attached hydrogens (tertiary/aromatic N) is 1. The topological polar surface area (TPSA) is 42.4 Å². The van der Waals surface area contributed by atoms with E-state index < -0.39 is 0 Å². The number of thiazole rings is 1. The van der Waals surface area contributed by atoms with Crippen molar-refractivity contribution in [3.05, 3.63) is 45.9 Å². The Labute approximate surface area is 117 Å². The van der Waals surface area contributed by atoms with Crippen LogP contribution in [0.5, 0.6) is 5.75 Å². The first-order chi connectivity index (χ1) is 8.99. The summed E-state index contributed by atoms with van der Waals surface area (Å²) in [4.78, 5) is 4.58. The third-order valence-corrected chi connectivity index (χ3v) is 4.00. The van der Waals surface area contributed by atoms with Crippen molar-refractivity contribution in [1.29, 1.82) is 0 Å². The molecule has 0 aliphatic rings. The van der Waals surface area contributed by atoms with Crippen molar-refractivity contribution < 1.29 is 9.84 Å². The van der Waals surface area contributed by atoms with Gasteiger partial charge in [0, 0.05) is 10.8 Å². The van der Waals surface area contributed by atoms with Crippen molar-refractivity contribution in [2.24, 2.45) is 0 Å². The van der Waals surface area contributed by atoms with Gasteiger partial charge < -0.3 is 9.84 Å². The first-order valence-corrected chi connectivity index (χ1v) is 7.14. The lowest BCUT2D eigenvalue weighted by atomic mass is 9.98. The smallest absolute Gasteiger partial charge is 0.131 e. The maximum Gasteiger partial charge on any atom is 0.131 e. The number of benzene rings is 1. The molecule has 0 radical (unpaired) electrons. The zero-order chi connectivity index (χ0) is 13.9. The van der Waals surface area contributed by atoms with E-state index in [1.54, 1.807) is 11.3 Å². The van der Waals surface area contributed by atoms with E-state index in [9.17, 15) is 0 Å². The van der Waals surface area contributed by atoms with Gasteiger partial charge in [-0.05, 0) is 17.7 Å². The molecule has 0 saturated heterocycles. The summed E-state index contributed by atoms with van der Waals surface area (Å²) in [6.45, 7) is 7.00. The molecular weight excluding hydrogens is 258 g/mol. The molecule has 1 heterocycles. The number of hydrogen-bond acceptors (Lipinski definition) is 4. The Balaban J connectivity index is 1.96. The summed E-state index contributed by atoms with van der Waals surface area (Å²) in [7, 11) is 0. The van der Waals surface area contributed by atoms with Gasteiger partial charge in [-0.2, -0.15) is 0 Å². The maximum absolute atomic E-state index is 8.97. The Morgan fingerprint density at radius 1 is 1.21 bits per heavy atom.